The summed E-state index contributed by atoms with van der Waals surface area (Å²) in [6.07, 6.45) is 3.87. The van der Waals surface area contributed by atoms with E-state index in [1.165, 1.54) is 0 Å². The molecule has 0 radical (unpaired) electrons. The number of aliphatic hydroxyl groups is 1. The molecule has 2 heterocycles. The van der Waals surface area contributed by atoms with Crippen molar-refractivity contribution < 1.29 is 5.11 Å². The van der Waals surface area contributed by atoms with Gasteiger partial charge in [-0.1, -0.05) is 11.6 Å². The molecule has 1 aliphatic heterocycles. The minimum Gasteiger partial charge on any atom is -0.389 e. The van der Waals surface area contributed by atoms with Gasteiger partial charge in [-0.25, -0.2) is 4.98 Å². The van der Waals surface area contributed by atoms with Gasteiger partial charge in [0.2, 0.25) is 0 Å². The van der Waals surface area contributed by atoms with Crippen LogP contribution >= 0.6 is 27.5 Å². The zero-order valence-corrected chi connectivity index (χ0v) is 12.6. The van der Waals surface area contributed by atoms with E-state index in [1.54, 1.807) is 6.20 Å². The molecule has 100 valence electrons. The Morgan fingerprint density at radius 2 is 2.37 bits per heavy atom. The second-order valence-corrected chi connectivity index (χ2v) is 6.75. The first-order valence-electron chi connectivity index (χ1n) is 6.17. The summed E-state index contributed by atoms with van der Waals surface area (Å²) in [5.74, 6) is 0.800. The summed E-state index contributed by atoms with van der Waals surface area (Å²) in [6, 6.07) is 2.08. The smallest absolute Gasteiger partial charge is 0.131 e. The van der Waals surface area contributed by atoms with Crippen LogP contribution in [0.2, 0.25) is 5.02 Å². The average Bonchev–Trinajstić information content (AvgIpc) is 2.88. The molecule has 1 spiro atoms. The number of rotatable bonds is 1. The maximum Gasteiger partial charge on any atom is 0.131 e. The minimum absolute atomic E-state index is 0.170. The van der Waals surface area contributed by atoms with Crippen LogP contribution in [-0.4, -0.2) is 22.2 Å². The fourth-order valence-corrected chi connectivity index (χ4v) is 4.01. The largest absolute Gasteiger partial charge is 0.389 e. The molecule has 0 bridgehead atoms. The monoisotopic (exact) mass is 341 g/mol. The van der Waals surface area contributed by atoms with Crippen molar-refractivity contribution in [1.29, 1.82) is 5.26 Å². The number of aromatic nitrogens is 1. The summed E-state index contributed by atoms with van der Waals surface area (Å²) >= 11 is 9.81. The summed E-state index contributed by atoms with van der Waals surface area (Å²) in [6.45, 7) is 0.721. The normalized spacial score (nSPS) is 32.1. The summed E-state index contributed by atoms with van der Waals surface area (Å²) < 4.78 is 0.770. The van der Waals surface area contributed by atoms with Gasteiger partial charge >= 0.3 is 0 Å². The van der Waals surface area contributed by atoms with Gasteiger partial charge in [-0.15, -0.1) is 0 Å². The zero-order valence-electron chi connectivity index (χ0n) is 10.2. The quantitative estimate of drug-likeness (QED) is 0.823. The Balaban J connectivity index is 2.04. The molecule has 1 aromatic heterocycles. The molecule has 2 N–H and O–H groups in total. The van der Waals surface area contributed by atoms with Gasteiger partial charge in [0.1, 0.15) is 5.82 Å². The highest BCUT2D eigenvalue weighted by Gasteiger charge is 2.52. The van der Waals surface area contributed by atoms with Gasteiger partial charge in [0.15, 0.2) is 0 Å². The SMILES string of the molecule is N#CC[C@]1(O)CC[C@@]2(CNc3ncc(Br)c(Cl)c32)C1. The van der Waals surface area contributed by atoms with Crippen molar-refractivity contribution in [2.75, 3.05) is 11.9 Å². The van der Waals surface area contributed by atoms with Crippen LogP contribution < -0.4 is 5.32 Å². The lowest BCUT2D eigenvalue weighted by atomic mass is 9.79. The number of halogens is 2. The van der Waals surface area contributed by atoms with Gasteiger partial charge in [0.25, 0.3) is 0 Å². The Morgan fingerprint density at radius 1 is 1.58 bits per heavy atom. The first-order chi connectivity index (χ1) is 9.00. The number of hydrogen-bond donors (Lipinski definition) is 2. The van der Waals surface area contributed by atoms with Crippen LogP contribution in [0.4, 0.5) is 5.82 Å². The third-order valence-electron chi connectivity index (χ3n) is 4.24. The summed E-state index contributed by atoms with van der Waals surface area (Å²) in [5.41, 5.74) is -0.115. The maximum absolute atomic E-state index is 10.5. The minimum atomic E-state index is -0.899. The molecule has 1 aliphatic carbocycles. The number of pyridine rings is 1. The van der Waals surface area contributed by atoms with Gasteiger partial charge < -0.3 is 10.4 Å². The first kappa shape index (κ1) is 13.2. The zero-order chi connectivity index (χ0) is 13.7. The summed E-state index contributed by atoms with van der Waals surface area (Å²) in [4.78, 5) is 4.34. The number of nitrogens with zero attached hydrogens (tertiary/aromatic N) is 2. The van der Waals surface area contributed by atoms with Gasteiger partial charge in [0.05, 0.1) is 27.6 Å². The second-order valence-electron chi connectivity index (χ2n) is 5.51. The number of fused-ring (bicyclic) bond motifs is 2. The van der Waals surface area contributed by atoms with E-state index < -0.39 is 5.60 Å². The van der Waals surface area contributed by atoms with Crippen LogP contribution in [0, 0.1) is 11.3 Å². The van der Waals surface area contributed by atoms with Crippen LogP contribution in [0.25, 0.3) is 0 Å². The van der Waals surface area contributed by atoms with Crippen molar-refractivity contribution in [2.45, 2.75) is 36.7 Å². The fraction of sp³-hybridized carbons (Fsp3) is 0.538. The Morgan fingerprint density at radius 3 is 3.11 bits per heavy atom. The van der Waals surface area contributed by atoms with E-state index in [0.29, 0.717) is 17.9 Å². The summed E-state index contributed by atoms with van der Waals surface area (Å²) in [7, 11) is 0. The lowest BCUT2D eigenvalue weighted by molar-refractivity contribution is 0.0467. The van der Waals surface area contributed by atoms with E-state index in [2.05, 4.69) is 32.3 Å². The Hall–Kier alpha value is -0.830. The molecule has 0 amide bonds. The topological polar surface area (TPSA) is 68.9 Å². The molecule has 4 nitrogen and oxygen atoms in total. The van der Waals surface area contributed by atoms with Crippen molar-refractivity contribution in [3.05, 3.63) is 21.3 Å². The lowest BCUT2D eigenvalue weighted by Crippen LogP contribution is -2.31. The van der Waals surface area contributed by atoms with Gasteiger partial charge in [0, 0.05) is 23.7 Å². The number of anilines is 1. The van der Waals surface area contributed by atoms with Crippen molar-refractivity contribution in [3.8, 4) is 6.07 Å². The molecule has 6 heteroatoms. The van der Waals surface area contributed by atoms with Crippen molar-refractivity contribution >= 4 is 33.3 Å². The molecular weight excluding hydrogens is 330 g/mol. The maximum atomic E-state index is 10.5. The highest BCUT2D eigenvalue weighted by Crippen LogP contribution is 2.54. The molecular formula is C13H13BrClN3O. The Kier molecular flexibility index (Phi) is 3.01. The van der Waals surface area contributed by atoms with E-state index in [9.17, 15) is 5.11 Å². The Bertz CT molecular complexity index is 588. The van der Waals surface area contributed by atoms with Crippen LogP contribution in [-0.2, 0) is 5.41 Å². The second kappa shape index (κ2) is 4.34. The van der Waals surface area contributed by atoms with Crippen molar-refractivity contribution in [2.24, 2.45) is 0 Å². The van der Waals surface area contributed by atoms with Crippen LogP contribution in [0.1, 0.15) is 31.2 Å². The average molecular weight is 343 g/mol. The highest BCUT2D eigenvalue weighted by atomic mass is 79.9. The fourth-order valence-electron chi connectivity index (χ4n) is 3.37. The standard InChI is InChI=1S/C13H13BrClN3O/c14-8-5-17-11-9(10(8)15)12(7-18-11)1-2-13(19,6-12)3-4-16/h5,19H,1-3,6-7H2,(H,17,18)/t12-,13+/m0/s1. The lowest BCUT2D eigenvalue weighted by Gasteiger charge is -2.26. The van der Waals surface area contributed by atoms with E-state index in [4.69, 9.17) is 16.9 Å². The third kappa shape index (κ3) is 1.94. The number of nitriles is 1. The van der Waals surface area contributed by atoms with Gasteiger partial charge in [-0.3, -0.25) is 0 Å². The number of hydrogen-bond acceptors (Lipinski definition) is 4. The van der Waals surface area contributed by atoms with E-state index in [1.807, 2.05) is 0 Å². The van der Waals surface area contributed by atoms with Crippen LogP contribution in [0.3, 0.4) is 0 Å². The van der Waals surface area contributed by atoms with Gasteiger partial charge in [-0.05, 0) is 35.2 Å². The van der Waals surface area contributed by atoms with Crippen LogP contribution in [0.15, 0.2) is 10.7 Å². The molecule has 3 rings (SSSR count). The predicted octanol–water partition coefficient (Wildman–Crippen LogP) is 2.99. The molecule has 2 atom stereocenters. The molecule has 0 unspecified atom stereocenters. The molecule has 19 heavy (non-hydrogen) atoms. The summed E-state index contributed by atoms with van der Waals surface area (Å²) in [5, 5.41) is 23.3. The molecule has 1 aromatic rings. The third-order valence-corrected chi connectivity index (χ3v) is 5.46. The number of nitrogens with one attached hydrogen (secondary N) is 1. The van der Waals surface area contributed by atoms with Gasteiger partial charge in [-0.2, -0.15) is 5.26 Å². The van der Waals surface area contributed by atoms with Crippen molar-refractivity contribution in [1.82, 2.24) is 4.98 Å². The van der Waals surface area contributed by atoms with E-state index in [-0.39, 0.29) is 11.8 Å². The molecule has 0 saturated heterocycles. The van der Waals surface area contributed by atoms with Crippen LogP contribution in [0.5, 0.6) is 0 Å². The first-order valence-corrected chi connectivity index (χ1v) is 7.35. The molecule has 1 fully saturated rings. The predicted molar refractivity (Wildman–Crippen MR) is 76.1 cm³/mol. The van der Waals surface area contributed by atoms with E-state index in [0.717, 1.165) is 28.8 Å². The van der Waals surface area contributed by atoms with E-state index >= 15 is 0 Å². The van der Waals surface area contributed by atoms with Crippen molar-refractivity contribution in [3.63, 3.8) is 0 Å². The molecule has 0 aromatic carbocycles. The molecule has 1 saturated carbocycles. The highest BCUT2D eigenvalue weighted by molar-refractivity contribution is 9.10. The molecule has 2 aliphatic rings. The Labute approximate surface area is 124 Å².